The number of rotatable bonds is 3. The molecule has 14 heavy (non-hydrogen) atoms. The van der Waals surface area contributed by atoms with Crippen LogP contribution >= 0.6 is 12.2 Å². The first-order chi connectivity index (χ1) is 6.41. The van der Waals surface area contributed by atoms with Gasteiger partial charge in [0.15, 0.2) is 4.77 Å². The molecule has 0 unspecified atom stereocenters. The van der Waals surface area contributed by atoms with Crippen LogP contribution in [0.15, 0.2) is 0 Å². The lowest BCUT2D eigenvalue weighted by Gasteiger charge is -2.14. The first-order valence-corrected chi connectivity index (χ1v) is 4.13. The highest BCUT2D eigenvalue weighted by Crippen LogP contribution is 2.32. The van der Waals surface area contributed by atoms with Crippen molar-refractivity contribution >= 4 is 12.2 Å². The Hall–Kier alpha value is -0.920. The first kappa shape index (κ1) is 11.2. The van der Waals surface area contributed by atoms with E-state index in [9.17, 15) is 17.6 Å². The summed E-state index contributed by atoms with van der Waals surface area (Å²) in [5, 5.41) is 5.15. The van der Waals surface area contributed by atoms with Gasteiger partial charge in [-0.15, -0.1) is 0 Å². The molecule has 0 atom stereocenters. The molecular formula is C6H7F4N3S. The van der Waals surface area contributed by atoms with E-state index in [4.69, 9.17) is 0 Å². The maximum absolute atomic E-state index is 12.8. The third-order valence-corrected chi connectivity index (χ3v) is 1.96. The van der Waals surface area contributed by atoms with Crippen molar-refractivity contribution in [2.24, 2.45) is 0 Å². The zero-order valence-electron chi connectivity index (χ0n) is 7.10. The highest BCUT2D eigenvalue weighted by Gasteiger charge is 2.47. The van der Waals surface area contributed by atoms with Gasteiger partial charge in [-0.2, -0.15) is 13.9 Å². The Balaban J connectivity index is 3.25. The number of aromatic amines is 1. The molecular weight excluding hydrogens is 222 g/mol. The van der Waals surface area contributed by atoms with E-state index in [0.29, 0.717) is 0 Å². The van der Waals surface area contributed by atoms with Crippen molar-refractivity contribution < 1.29 is 17.6 Å². The van der Waals surface area contributed by atoms with Crippen LogP contribution in [0.3, 0.4) is 0 Å². The van der Waals surface area contributed by atoms with Gasteiger partial charge in [-0.3, -0.25) is 9.67 Å². The minimum Gasteiger partial charge on any atom is -0.299 e. The zero-order chi connectivity index (χ0) is 10.9. The molecule has 3 nitrogen and oxygen atoms in total. The summed E-state index contributed by atoms with van der Waals surface area (Å²) in [5.41, 5.74) is 0. The van der Waals surface area contributed by atoms with Crippen LogP contribution in [0.2, 0.25) is 0 Å². The normalized spacial score (nSPS) is 12.4. The van der Waals surface area contributed by atoms with Crippen LogP contribution in [0.4, 0.5) is 17.6 Å². The quantitative estimate of drug-likeness (QED) is 0.637. The highest BCUT2D eigenvalue weighted by atomic mass is 32.1. The number of nitrogens with one attached hydrogen (secondary N) is 1. The number of H-pyrrole nitrogens is 1. The van der Waals surface area contributed by atoms with Crippen molar-refractivity contribution in [1.82, 2.24) is 14.8 Å². The van der Waals surface area contributed by atoms with E-state index in [1.54, 1.807) is 0 Å². The van der Waals surface area contributed by atoms with E-state index in [-0.39, 0.29) is 11.3 Å². The van der Waals surface area contributed by atoms with Crippen molar-refractivity contribution in [2.75, 3.05) is 0 Å². The third-order valence-electron chi connectivity index (χ3n) is 1.65. The molecule has 80 valence electrons. The second-order valence-corrected chi connectivity index (χ2v) is 2.91. The van der Waals surface area contributed by atoms with Crippen molar-refractivity contribution in [1.29, 1.82) is 0 Å². The first-order valence-electron chi connectivity index (χ1n) is 3.72. The molecule has 1 rings (SSSR count). The number of hydrogen-bond donors (Lipinski definition) is 1. The molecule has 1 aromatic heterocycles. The van der Waals surface area contributed by atoms with Crippen molar-refractivity contribution in [3.63, 3.8) is 0 Å². The van der Waals surface area contributed by atoms with Crippen LogP contribution in [0.5, 0.6) is 0 Å². The lowest BCUT2D eigenvalue weighted by molar-refractivity contribution is -0.143. The maximum atomic E-state index is 12.8. The molecule has 1 N–H and O–H groups in total. The van der Waals surface area contributed by atoms with Gasteiger partial charge in [0.1, 0.15) is 0 Å². The van der Waals surface area contributed by atoms with E-state index >= 15 is 0 Å². The van der Waals surface area contributed by atoms with Gasteiger partial charge >= 0.3 is 12.3 Å². The second kappa shape index (κ2) is 3.68. The van der Waals surface area contributed by atoms with Gasteiger partial charge in [0.25, 0.3) is 0 Å². The third kappa shape index (κ3) is 1.66. The van der Waals surface area contributed by atoms with Crippen LogP contribution in [0, 0.1) is 4.77 Å². The van der Waals surface area contributed by atoms with Gasteiger partial charge in [0.05, 0.1) is 0 Å². The lowest BCUT2D eigenvalue weighted by Crippen LogP contribution is -2.28. The molecule has 0 radical (unpaired) electrons. The van der Waals surface area contributed by atoms with Gasteiger partial charge in [-0.1, -0.05) is 0 Å². The monoisotopic (exact) mass is 229 g/mol. The van der Waals surface area contributed by atoms with Crippen molar-refractivity contribution in [2.45, 2.75) is 25.8 Å². The summed E-state index contributed by atoms with van der Waals surface area (Å²) in [6, 6.07) is 0. The average molecular weight is 229 g/mol. The SMILES string of the molecule is CCn1c(C(F)(F)C(F)F)n[nH]c1=S. The fourth-order valence-electron chi connectivity index (χ4n) is 0.963. The molecule has 8 heteroatoms. The molecule has 0 spiro atoms. The highest BCUT2D eigenvalue weighted by molar-refractivity contribution is 7.71. The summed E-state index contributed by atoms with van der Waals surface area (Å²) >= 11 is 4.59. The molecule has 0 aliphatic heterocycles. The molecule has 0 aliphatic carbocycles. The predicted octanol–water partition coefficient (Wildman–Crippen LogP) is 2.32. The van der Waals surface area contributed by atoms with E-state index in [0.717, 1.165) is 4.57 Å². The summed E-state index contributed by atoms with van der Waals surface area (Å²) in [4.78, 5) is 0. The molecule has 1 heterocycles. The van der Waals surface area contributed by atoms with Crippen LogP contribution in [0.25, 0.3) is 0 Å². The molecule has 0 saturated heterocycles. The largest absolute Gasteiger partial charge is 0.365 e. The van der Waals surface area contributed by atoms with E-state index in [1.807, 2.05) is 0 Å². The van der Waals surface area contributed by atoms with Gasteiger partial charge in [-0.05, 0) is 19.1 Å². The summed E-state index contributed by atoms with van der Waals surface area (Å²) < 4.78 is 50.4. The summed E-state index contributed by atoms with van der Waals surface area (Å²) in [7, 11) is 0. The standard InChI is InChI=1S/C6H7F4N3S/c1-2-13-4(11-12-5(13)14)6(9,10)3(7)8/h3H,2H2,1H3,(H,12,14). The fraction of sp³-hybridized carbons (Fsp3) is 0.667. The molecule has 0 amide bonds. The van der Waals surface area contributed by atoms with E-state index < -0.39 is 18.2 Å². The Labute approximate surface area is 81.7 Å². The minimum absolute atomic E-state index is 0.0625. The van der Waals surface area contributed by atoms with Gasteiger partial charge in [-0.25, -0.2) is 8.78 Å². The molecule has 0 aliphatic rings. The topological polar surface area (TPSA) is 33.6 Å². The Kier molecular flexibility index (Phi) is 2.93. The van der Waals surface area contributed by atoms with Crippen LogP contribution < -0.4 is 0 Å². The minimum atomic E-state index is -4.27. The van der Waals surface area contributed by atoms with Crippen molar-refractivity contribution in [3.05, 3.63) is 10.6 Å². The predicted molar refractivity (Wildman–Crippen MR) is 43.0 cm³/mol. The van der Waals surface area contributed by atoms with Crippen molar-refractivity contribution in [3.8, 4) is 0 Å². The number of nitrogens with zero attached hydrogens (tertiary/aromatic N) is 2. The van der Waals surface area contributed by atoms with Gasteiger partial charge in [0, 0.05) is 6.54 Å². The number of halogens is 4. The average Bonchev–Trinajstić information content (AvgIpc) is 2.46. The molecule has 0 saturated carbocycles. The Morgan fingerprint density at radius 1 is 1.57 bits per heavy atom. The van der Waals surface area contributed by atoms with E-state index in [1.165, 1.54) is 6.92 Å². The Morgan fingerprint density at radius 2 is 2.14 bits per heavy atom. The summed E-state index contributed by atoms with van der Waals surface area (Å²) in [5.74, 6) is -5.30. The summed E-state index contributed by atoms with van der Waals surface area (Å²) in [6.07, 6.45) is -3.79. The smallest absolute Gasteiger partial charge is 0.299 e. The lowest BCUT2D eigenvalue weighted by atomic mass is 10.3. The van der Waals surface area contributed by atoms with Gasteiger partial charge in [0.2, 0.25) is 5.82 Å². The van der Waals surface area contributed by atoms with Crippen LogP contribution in [-0.2, 0) is 12.5 Å². The molecule has 0 fully saturated rings. The van der Waals surface area contributed by atoms with Crippen LogP contribution in [-0.4, -0.2) is 21.2 Å². The second-order valence-electron chi connectivity index (χ2n) is 2.52. The van der Waals surface area contributed by atoms with Crippen LogP contribution in [0.1, 0.15) is 12.7 Å². The Bertz CT molecular complexity index is 369. The summed E-state index contributed by atoms with van der Waals surface area (Å²) in [6.45, 7) is 1.57. The fourth-order valence-corrected chi connectivity index (χ4v) is 1.22. The zero-order valence-corrected chi connectivity index (χ0v) is 7.92. The van der Waals surface area contributed by atoms with Gasteiger partial charge < -0.3 is 0 Å². The molecule has 0 bridgehead atoms. The Morgan fingerprint density at radius 3 is 2.57 bits per heavy atom. The molecule has 1 aromatic rings. The van der Waals surface area contributed by atoms with E-state index in [2.05, 4.69) is 22.4 Å². The number of alkyl halides is 4. The molecule has 0 aromatic carbocycles. The number of hydrogen-bond acceptors (Lipinski definition) is 2. The number of aromatic nitrogens is 3. The maximum Gasteiger partial charge on any atom is 0.365 e.